The fraction of sp³-hybridized carbons (Fsp3) is 0.500. The van der Waals surface area contributed by atoms with Crippen molar-refractivity contribution in [2.24, 2.45) is 16.7 Å². The average molecular weight is 717 g/mol. The third-order valence-electron chi connectivity index (χ3n) is 9.91. The third kappa shape index (κ3) is 6.14. The van der Waals surface area contributed by atoms with Crippen molar-refractivity contribution in [1.29, 1.82) is 0 Å². The molecule has 0 saturated heterocycles. The Balaban J connectivity index is 0.000000215. The summed E-state index contributed by atoms with van der Waals surface area (Å²) in [4.78, 5) is 17.8. The maximum atomic E-state index is 13.1. The van der Waals surface area contributed by atoms with Gasteiger partial charge in [0.25, 0.3) is 0 Å². The smallest absolute Gasteiger partial charge is 0.168 e. The number of aliphatic hydroxyl groups is 1. The van der Waals surface area contributed by atoms with Crippen LogP contribution in [0.1, 0.15) is 104 Å². The van der Waals surface area contributed by atoms with E-state index in [1.165, 1.54) is 10.9 Å². The van der Waals surface area contributed by atoms with Crippen LogP contribution in [0.15, 0.2) is 65.9 Å². The molecule has 1 heterocycles. The first-order valence-electron chi connectivity index (χ1n) is 15.1. The molecule has 0 spiro atoms. The van der Waals surface area contributed by atoms with Crippen LogP contribution in [0.25, 0.3) is 22.2 Å². The van der Waals surface area contributed by atoms with Crippen LogP contribution in [0.3, 0.4) is 0 Å². The molecule has 4 heteroatoms. The molecule has 2 aliphatic rings. The topological polar surface area (TPSA) is 50.2 Å². The first kappa shape index (κ1) is 32.2. The number of allylic oxidation sites excluding steroid dienone is 2. The molecule has 3 aromatic rings. The molecule has 1 aromatic heterocycles. The molecule has 0 amide bonds. The van der Waals surface area contributed by atoms with E-state index in [2.05, 4.69) is 77.9 Å². The molecule has 1 saturated carbocycles. The second-order valence-corrected chi connectivity index (χ2v) is 11.9. The van der Waals surface area contributed by atoms with Crippen LogP contribution in [0.5, 0.6) is 0 Å². The maximum absolute atomic E-state index is 13.1. The van der Waals surface area contributed by atoms with E-state index in [0.717, 1.165) is 73.7 Å². The molecular weight excluding hydrogens is 671 g/mol. The quantitative estimate of drug-likeness (QED) is 0.259. The van der Waals surface area contributed by atoms with Gasteiger partial charge < -0.3 is 5.11 Å². The molecule has 1 N–H and O–H groups in total. The van der Waals surface area contributed by atoms with Gasteiger partial charge in [-0.2, -0.15) is 0 Å². The van der Waals surface area contributed by atoms with Crippen molar-refractivity contribution in [3.8, 4) is 11.3 Å². The Morgan fingerprint density at radius 1 is 0.925 bits per heavy atom. The van der Waals surface area contributed by atoms with Gasteiger partial charge in [0.1, 0.15) is 5.76 Å². The van der Waals surface area contributed by atoms with Crippen molar-refractivity contribution >= 4 is 16.7 Å². The molecule has 1 atom stereocenters. The van der Waals surface area contributed by atoms with Gasteiger partial charge in [-0.05, 0) is 85.9 Å². The number of ketones is 1. The summed E-state index contributed by atoms with van der Waals surface area (Å²) in [6, 6.07) is 21.9. The number of benzene rings is 2. The fourth-order valence-corrected chi connectivity index (χ4v) is 6.68. The average Bonchev–Trinajstić information content (AvgIpc) is 2.98. The van der Waals surface area contributed by atoms with Crippen LogP contribution in [-0.2, 0) is 24.9 Å². The molecule has 217 valence electrons. The first-order valence-corrected chi connectivity index (χ1v) is 15.1. The van der Waals surface area contributed by atoms with Gasteiger partial charge in [0.2, 0.25) is 0 Å². The fourth-order valence-electron chi connectivity index (χ4n) is 6.68. The van der Waals surface area contributed by atoms with Crippen LogP contribution in [0.2, 0.25) is 0 Å². The van der Waals surface area contributed by atoms with E-state index in [0.29, 0.717) is 17.6 Å². The number of hydrogen-bond acceptors (Lipinski definition) is 3. The Bertz CT molecular complexity index is 1320. The van der Waals surface area contributed by atoms with Crippen molar-refractivity contribution in [2.45, 2.75) is 98.8 Å². The van der Waals surface area contributed by atoms with E-state index in [9.17, 15) is 9.90 Å². The zero-order chi connectivity index (χ0) is 28.2. The zero-order valence-corrected chi connectivity index (χ0v) is 27.5. The number of carbonyl (C=O) groups is 1. The number of Topliss-reactive ketones (excluding diaryl/α,β-unsaturated/α-hetero) is 1. The summed E-state index contributed by atoms with van der Waals surface area (Å²) < 4.78 is 0. The van der Waals surface area contributed by atoms with Crippen LogP contribution in [0, 0.1) is 22.8 Å². The minimum Gasteiger partial charge on any atom is -0.511 e. The van der Waals surface area contributed by atoms with Crippen molar-refractivity contribution in [3.63, 3.8) is 0 Å². The van der Waals surface area contributed by atoms with Gasteiger partial charge in [-0.15, -0.1) is 35.9 Å². The number of fused-ring (bicyclic) bond motifs is 2. The monoisotopic (exact) mass is 717 g/mol. The van der Waals surface area contributed by atoms with Gasteiger partial charge in [-0.1, -0.05) is 65.8 Å². The van der Waals surface area contributed by atoms with Crippen LogP contribution >= 0.6 is 0 Å². The molecule has 1 fully saturated rings. The van der Waals surface area contributed by atoms with E-state index in [1.807, 2.05) is 24.3 Å². The number of rotatable bonds is 6. The number of aliphatic hydroxyl groups excluding tert-OH is 1. The van der Waals surface area contributed by atoms with E-state index in [-0.39, 0.29) is 36.7 Å². The minimum absolute atomic E-state index is 0. The van der Waals surface area contributed by atoms with Crippen molar-refractivity contribution in [3.05, 3.63) is 77.6 Å². The minimum atomic E-state index is -0.204. The molecule has 5 rings (SSSR count). The molecule has 1 unspecified atom stereocenters. The number of nitrogens with zero attached hydrogens (tertiary/aromatic N) is 1. The predicted octanol–water partition coefficient (Wildman–Crippen LogP) is 10.0. The summed E-state index contributed by atoms with van der Waals surface area (Å²) in [5, 5.41) is 12.1. The van der Waals surface area contributed by atoms with Crippen molar-refractivity contribution < 1.29 is 30.0 Å². The maximum Gasteiger partial charge on any atom is 0.168 e. The molecule has 40 heavy (non-hydrogen) atoms. The summed E-state index contributed by atoms with van der Waals surface area (Å²) in [5.41, 5.74) is 4.88. The predicted molar refractivity (Wildman–Crippen MR) is 163 cm³/mol. The van der Waals surface area contributed by atoms with Gasteiger partial charge in [0.15, 0.2) is 5.78 Å². The van der Waals surface area contributed by atoms with Gasteiger partial charge in [0.05, 0.1) is 5.52 Å². The van der Waals surface area contributed by atoms with Gasteiger partial charge in [-0.25, -0.2) is 0 Å². The van der Waals surface area contributed by atoms with Crippen LogP contribution in [-0.4, -0.2) is 15.9 Å². The Labute approximate surface area is 255 Å². The number of carbonyl (C=O) groups excluding carboxylic acids is 1. The molecule has 0 aliphatic heterocycles. The van der Waals surface area contributed by atoms with Crippen LogP contribution in [0.4, 0.5) is 0 Å². The summed E-state index contributed by atoms with van der Waals surface area (Å²) >= 11 is 0. The van der Waals surface area contributed by atoms with E-state index in [1.54, 1.807) is 0 Å². The summed E-state index contributed by atoms with van der Waals surface area (Å²) in [6.45, 7) is 12.9. The van der Waals surface area contributed by atoms with Crippen molar-refractivity contribution in [1.82, 2.24) is 4.98 Å². The largest absolute Gasteiger partial charge is 0.511 e. The van der Waals surface area contributed by atoms with E-state index >= 15 is 0 Å². The van der Waals surface area contributed by atoms with E-state index < -0.39 is 0 Å². The summed E-state index contributed by atoms with van der Waals surface area (Å²) in [7, 11) is 0. The second kappa shape index (κ2) is 13.6. The van der Waals surface area contributed by atoms with Gasteiger partial charge in [-0.3, -0.25) is 9.78 Å². The molecule has 2 aromatic carbocycles. The molecule has 3 nitrogen and oxygen atoms in total. The second-order valence-electron chi connectivity index (χ2n) is 11.9. The number of aromatic nitrogens is 1. The zero-order valence-electron chi connectivity index (χ0n) is 25.1. The SMILES string of the molecule is CC(C)c1ccc2ccc(-c3[c-]cccc3)nc2c1.CCC1(CC)CCC2CCC(CC)(CC)C(O)=C2C1=O.[Ir]. The molecule has 2 aliphatic carbocycles. The standard InChI is InChI=1S/C18H16N.C18H30O2.Ir/c1-13(2)16-9-8-15-10-11-17(19-18(15)12-16)14-6-4-3-5-7-14;1-5-17(6-2)11-9-13-10-12-18(7-3,8-4)16(20)14(13)15(17)19;/h3-6,8-13H,1-2H3;13,19H,5-12H2,1-4H3;/q-1;;. The Morgan fingerprint density at radius 3 is 2.12 bits per heavy atom. The molecule has 0 bridgehead atoms. The first-order chi connectivity index (χ1) is 18.7. The van der Waals surface area contributed by atoms with Crippen LogP contribution < -0.4 is 0 Å². The summed E-state index contributed by atoms with van der Waals surface area (Å²) in [6.07, 6.45) is 7.87. The Hall–Kier alpha value is -2.29. The Morgan fingerprint density at radius 2 is 1.55 bits per heavy atom. The van der Waals surface area contributed by atoms with Crippen molar-refractivity contribution in [2.75, 3.05) is 0 Å². The van der Waals surface area contributed by atoms with E-state index in [4.69, 9.17) is 4.98 Å². The molecular formula is C36H46IrNO2-. The Kier molecular flexibility index (Phi) is 10.9. The number of pyridine rings is 1. The van der Waals surface area contributed by atoms with Gasteiger partial charge in [0, 0.05) is 36.5 Å². The van der Waals surface area contributed by atoms with Gasteiger partial charge >= 0.3 is 0 Å². The summed E-state index contributed by atoms with van der Waals surface area (Å²) in [5.74, 6) is 1.56. The number of hydrogen-bond donors (Lipinski definition) is 1. The third-order valence-corrected chi connectivity index (χ3v) is 9.91. The molecule has 1 radical (unpaired) electrons. The normalized spacial score (nSPS) is 19.5.